The topological polar surface area (TPSA) is 84.0 Å². The molecule has 0 unspecified atom stereocenters. The van der Waals surface area contributed by atoms with Crippen molar-refractivity contribution in [3.63, 3.8) is 0 Å². The molecule has 0 fully saturated rings. The molecule has 2 aliphatic rings. The Balaban J connectivity index is 1.24. The van der Waals surface area contributed by atoms with Gasteiger partial charge >= 0.3 is 0 Å². The van der Waals surface area contributed by atoms with Gasteiger partial charge in [0.15, 0.2) is 10.3 Å². The van der Waals surface area contributed by atoms with Crippen LogP contribution in [0.4, 0.5) is 10.3 Å². The third-order valence-corrected chi connectivity index (χ3v) is 7.19. The van der Waals surface area contributed by atoms with Crippen LogP contribution in [0.25, 0.3) is 0 Å². The number of hydrogen-bond acceptors (Lipinski definition) is 6. The lowest BCUT2D eigenvalue weighted by atomic mass is 10.1. The molecule has 2 N–H and O–H groups in total. The van der Waals surface area contributed by atoms with Gasteiger partial charge in [-0.15, -0.1) is 22.7 Å². The fourth-order valence-electron chi connectivity index (χ4n) is 3.60. The maximum absolute atomic E-state index is 12.4. The van der Waals surface area contributed by atoms with Gasteiger partial charge in [-0.3, -0.25) is 20.2 Å². The molecule has 2 heterocycles. The zero-order valence-electron chi connectivity index (χ0n) is 15.1. The van der Waals surface area contributed by atoms with Crippen LogP contribution in [0.2, 0.25) is 0 Å². The minimum Gasteiger partial charge on any atom is -0.298 e. The van der Waals surface area contributed by atoms with E-state index in [0.29, 0.717) is 21.4 Å². The van der Waals surface area contributed by atoms with Crippen molar-refractivity contribution in [2.75, 3.05) is 10.6 Å². The number of carbonyl (C=O) groups excluding carboxylic acids is 2. The van der Waals surface area contributed by atoms with Crippen LogP contribution in [0.5, 0.6) is 0 Å². The van der Waals surface area contributed by atoms with Crippen LogP contribution in [-0.4, -0.2) is 21.8 Å². The van der Waals surface area contributed by atoms with E-state index in [0.717, 1.165) is 49.9 Å². The number of hydrogen-bond donors (Lipinski definition) is 2. The van der Waals surface area contributed by atoms with Gasteiger partial charge in [0.05, 0.1) is 11.4 Å². The fourth-order valence-corrected chi connectivity index (χ4v) is 5.69. The normalized spacial score (nSPS) is 14.6. The van der Waals surface area contributed by atoms with E-state index in [1.165, 1.54) is 9.75 Å². The number of amides is 2. The molecule has 2 amide bonds. The lowest BCUT2D eigenvalue weighted by Gasteiger charge is -2.05. The summed E-state index contributed by atoms with van der Waals surface area (Å²) >= 11 is 3.10. The van der Waals surface area contributed by atoms with Crippen molar-refractivity contribution in [3.8, 4) is 0 Å². The second-order valence-electron chi connectivity index (χ2n) is 6.97. The Morgan fingerprint density at radius 3 is 1.54 bits per heavy atom. The first-order valence-electron chi connectivity index (χ1n) is 9.35. The van der Waals surface area contributed by atoms with Crippen molar-refractivity contribution in [2.45, 2.75) is 38.5 Å². The molecule has 0 radical (unpaired) electrons. The lowest BCUT2D eigenvalue weighted by molar-refractivity contribution is 0.101. The zero-order valence-corrected chi connectivity index (χ0v) is 16.7. The number of carbonyl (C=O) groups is 2. The maximum Gasteiger partial charge on any atom is 0.257 e. The fraction of sp³-hybridized carbons (Fsp3) is 0.300. The van der Waals surface area contributed by atoms with E-state index >= 15 is 0 Å². The smallest absolute Gasteiger partial charge is 0.257 e. The van der Waals surface area contributed by atoms with Crippen molar-refractivity contribution >= 4 is 44.8 Å². The summed E-state index contributed by atoms with van der Waals surface area (Å²) in [6.45, 7) is 0. The van der Waals surface area contributed by atoms with Crippen molar-refractivity contribution in [1.82, 2.24) is 9.97 Å². The third-order valence-electron chi connectivity index (χ3n) is 5.04. The number of anilines is 2. The van der Waals surface area contributed by atoms with Crippen LogP contribution < -0.4 is 10.6 Å². The zero-order chi connectivity index (χ0) is 19.1. The van der Waals surface area contributed by atoms with Gasteiger partial charge in [0.2, 0.25) is 0 Å². The summed E-state index contributed by atoms with van der Waals surface area (Å²) in [6, 6.07) is 6.64. The molecule has 2 aromatic heterocycles. The summed E-state index contributed by atoms with van der Waals surface area (Å²) in [4.78, 5) is 36.4. The van der Waals surface area contributed by atoms with E-state index in [9.17, 15) is 9.59 Å². The Morgan fingerprint density at radius 2 is 1.14 bits per heavy atom. The van der Waals surface area contributed by atoms with E-state index in [2.05, 4.69) is 20.6 Å². The van der Waals surface area contributed by atoms with Gasteiger partial charge in [0.1, 0.15) is 0 Å². The molecular weight excluding hydrogens is 392 g/mol. The third kappa shape index (κ3) is 3.33. The molecule has 0 atom stereocenters. The average Bonchev–Trinajstić information content (AvgIpc) is 3.42. The Labute approximate surface area is 170 Å². The number of benzene rings is 1. The van der Waals surface area contributed by atoms with Crippen LogP contribution >= 0.6 is 22.7 Å². The molecule has 2 aliphatic carbocycles. The maximum atomic E-state index is 12.4. The molecule has 0 saturated heterocycles. The van der Waals surface area contributed by atoms with E-state index in [4.69, 9.17) is 0 Å². The number of aryl methyl sites for hydroxylation is 4. The Bertz CT molecular complexity index is 940. The second-order valence-corrected chi connectivity index (χ2v) is 9.14. The van der Waals surface area contributed by atoms with E-state index in [1.54, 1.807) is 46.9 Å². The van der Waals surface area contributed by atoms with Crippen LogP contribution in [0, 0.1) is 0 Å². The van der Waals surface area contributed by atoms with Gasteiger partial charge < -0.3 is 0 Å². The van der Waals surface area contributed by atoms with E-state index in [1.807, 2.05) is 0 Å². The van der Waals surface area contributed by atoms with Crippen LogP contribution in [0.15, 0.2) is 24.3 Å². The summed E-state index contributed by atoms with van der Waals surface area (Å²) < 4.78 is 0. The summed E-state index contributed by atoms with van der Waals surface area (Å²) in [5, 5.41) is 7.01. The highest BCUT2D eigenvalue weighted by molar-refractivity contribution is 7.16. The van der Waals surface area contributed by atoms with Crippen LogP contribution in [-0.2, 0) is 25.7 Å². The van der Waals surface area contributed by atoms with Crippen molar-refractivity contribution < 1.29 is 9.59 Å². The number of aromatic nitrogens is 2. The summed E-state index contributed by atoms with van der Waals surface area (Å²) in [5.74, 6) is -0.425. The minimum atomic E-state index is -0.212. The summed E-state index contributed by atoms with van der Waals surface area (Å²) in [7, 11) is 0. The first-order valence-corrected chi connectivity index (χ1v) is 11.0. The van der Waals surface area contributed by atoms with Crippen molar-refractivity contribution in [2.24, 2.45) is 0 Å². The first kappa shape index (κ1) is 17.5. The van der Waals surface area contributed by atoms with Gasteiger partial charge in [0, 0.05) is 20.9 Å². The number of fused-ring (bicyclic) bond motifs is 2. The number of nitrogens with zero attached hydrogens (tertiary/aromatic N) is 2. The number of thiazole rings is 2. The van der Waals surface area contributed by atoms with Gasteiger partial charge in [0.25, 0.3) is 11.8 Å². The molecule has 8 heteroatoms. The molecule has 142 valence electrons. The molecule has 0 aliphatic heterocycles. The Morgan fingerprint density at radius 1 is 0.714 bits per heavy atom. The lowest BCUT2D eigenvalue weighted by Crippen LogP contribution is -2.14. The number of rotatable bonds is 4. The SMILES string of the molecule is O=C(Nc1nc2c(s1)CCC2)c1ccc(C(=O)Nc2nc3c(s2)CCC3)cc1. The first-order chi connectivity index (χ1) is 13.7. The van der Waals surface area contributed by atoms with E-state index < -0.39 is 0 Å². The summed E-state index contributed by atoms with van der Waals surface area (Å²) in [5.41, 5.74) is 3.22. The van der Waals surface area contributed by atoms with Crippen molar-refractivity contribution in [3.05, 3.63) is 56.5 Å². The highest BCUT2D eigenvalue weighted by Crippen LogP contribution is 2.31. The number of nitrogens with one attached hydrogen (secondary N) is 2. The highest BCUT2D eigenvalue weighted by atomic mass is 32.1. The highest BCUT2D eigenvalue weighted by Gasteiger charge is 2.20. The van der Waals surface area contributed by atoms with Gasteiger partial charge in [-0.2, -0.15) is 0 Å². The summed E-state index contributed by atoms with van der Waals surface area (Å²) in [6.07, 6.45) is 6.38. The molecular formula is C20H18N4O2S2. The van der Waals surface area contributed by atoms with Crippen LogP contribution in [0.1, 0.15) is 54.7 Å². The quantitative estimate of drug-likeness (QED) is 0.679. The van der Waals surface area contributed by atoms with Gasteiger partial charge in [-0.1, -0.05) is 0 Å². The average molecular weight is 411 g/mol. The standard InChI is InChI=1S/C20H18N4O2S2/c25-17(23-19-21-13-3-1-5-15(13)27-19)11-7-9-12(10-8-11)18(26)24-20-22-14-4-2-6-16(14)28-20/h7-10H,1-6H2,(H,21,23,25)(H,22,24,26). The van der Waals surface area contributed by atoms with Crippen molar-refractivity contribution in [1.29, 1.82) is 0 Å². The molecule has 1 aromatic carbocycles. The molecule has 28 heavy (non-hydrogen) atoms. The van der Waals surface area contributed by atoms with Gasteiger partial charge in [-0.25, -0.2) is 9.97 Å². The monoisotopic (exact) mass is 410 g/mol. The Hall–Kier alpha value is -2.58. The predicted octanol–water partition coefficient (Wildman–Crippen LogP) is 4.08. The molecule has 3 aromatic rings. The van der Waals surface area contributed by atoms with Gasteiger partial charge in [-0.05, 0) is 62.8 Å². The molecule has 6 nitrogen and oxygen atoms in total. The molecule has 5 rings (SSSR count). The van der Waals surface area contributed by atoms with E-state index in [-0.39, 0.29) is 11.8 Å². The molecule has 0 spiro atoms. The largest absolute Gasteiger partial charge is 0.298 e. The minimum absolute atomic E-state index is 0.212. The molecule has 0 saturated carbocycles. The van der Waals surface area contributed by atoms with Crippen LogP contribution in [0.3, 0.4) is 0 Å². The second kappa shape index (κ2) is 7.10. The predicted molar refractivity (Wildman–Crippen MR) is 111 cm³/mol. The molecule has 0 bridgehead atoms. The Kier molecular flexibility index (Phi) is 4.44.